The van der Waals surface area contributed by atoms with E-state index in [1.165, 1.54) is 6.20 Å². The van der Waals surface area contributed by atoms with Gasteiger partial charge in [-0.15, -0.1) is 11.3 Å². The molecule has 0 spiro atoms. The lowest BCUT2D eigenvalue weighted by molar-refractivity contribution is 0.0997. The van der Waals surface area contributed by atoms with Gasteiger partial charge in [0, 0.05) is 37.1 Å². The van der Waals surface area contributed by atoms with Crippen molar-refractivity contribution in [1.29, 1.82) is 0 Å². The summed E-state index contributed by atoms with van der Waals surface area (Å²) in [6.07, 6.45) is 4.87. The first-order valence-corrected chi connectivity index (χ1v) is 10.3. The maximum absolute atomic E-state index is 12.8. The van der Waals surface area contributed by atoms with Gasteiger partial charge in [-0.05, 0) is 23.6 Å². The molecule has 8 heteroatoms. The van der Waals surface area contributed by atoms with Gasteiger partial charge in [-0.1, -0.05) is 18.2 Å². The molecule has 1 amide bonds. The van der Waals surface area contributed by atoms with Crippen LogP contribution in [0.5, 0.6) is 0 Å². The Hall–Kier alpha value is -3.23. The minimum atomic E-state index is -0.339. The fraction of sp³-hybridized carbons (Fsp3) is 0.190. The van der Waals surface area contributed by atoms with E-state index in [2.05, 4.69) is 31.6 Å². The minimum Gasteiger partial charge on any atom is -0.430 e. The Morgan fingerprint density at radius 1 is 1.17 bits per heavy atom. The Morgan fingerprint density at radius 3 is 2.90 bits per heavy atom. The van der Waals surface area contributed by atoms with Gasteiger partial charge in [-0.3, -0.25) is 9.78 Å². The molecule has 4 heterocycles. The van der Waals surface area contributed by atoms with Crippen molar-refractivity contribution >= 4 is 38.7 Å². The Morgan fingerprint density at radius 2 is 2.03 bits per heavy atom. The van der Waals surface area contributed by atoms with Crippen molar-refractivity contribution in [1.82, 2.24) is 15.3 Å². The molecule has 1 saturated heterocycles. The van der Waals surface area contributed by atoms with E-state index in [0.29, 0.717) is 11.6 Å². The SMILES string of the molecule is O=C(Nc1cnccc1N1CCNCC1)c1cnc(-c2cc3ccccc3s2)o1. The number of pyridine rings is 1. The van der Waals surface area contributed by atoms with Gasteiger partial charge >= 0.3 is 0 Å². The molecule has 0 atom stereocenters. The molecule has 1 fully saturated rings. The zero-order chi connectivity index (χ0) is 19.6. The second kappa shape index (κ2) is 7.65. The number of benzene rings is 1. The zero-order valence-corrected chi connectivity index (χ0v) is 16.4. The molecule has 5 rings (SSSR count). The summed E-state index contributed by atoms with van der Waals surface area (Å²) in [5, 5.41) is 7.39. The van der Waals surface area contributed by atoms with E-state index >= 15 is 0 Å². The molecule has 4 aromatic rings. The second-order valence-corrected chi connectivity index (χ2v) is 7.85. The van der Waals surface area contributed by atoms with Crippen LogP contribution in [0.15, 0.2) is 59.4 Å². The van der Waals surface area contributed by atoms with Gasteiger partial charge in [0.05, 0.1) is 28.6 Å². The standard InChI is InChI=1S/C21H19N5O2S/c27-20(25-15-12-23-6-5-16(15)26-9-7-22-8-10-26)17-13-24-21(28-17)19-11-14-3-1-2-4-18(14)29-19/h1-6,11-13,22H,7-10H2,(H,25,27). The molecule has 0 unspecified atom stereocenters. The third kappa shape index (κ3) is 3.59. The number of piperazine rings is 1. The first-order chi connectivity index (χ1) is 14.3. The summed E-state index contributed by atoms with van der Waals surface area (Å²) in [7, 11) is 0. The maximum atomic E-state index is 12.8. The van der Waals surface area contributed by atoms with Crippen molar-refractivity contribution in [2.75, 3.05) is 36.4 Å². The molecule has 3 aromatic heterocycles. The molecule has 0 radical (unpaired) electrons. The number of amides is 1. The molecular weight excluding hydrogens is 386 g/mol. The predicted octanol–water partition coefficient (Wildman–Crippen LogP) is 3.61. The fourth-order valence-electron chi connectivity index (χ4n) is 3.43. The molecule has 29 heavy (non-hydrogen) atoms. The predicted molar refractivity (Wildman–Crippen MR) is 115 cm³/mol. The monoisotopic (exact) mass is 405 g/mol. The molecule has 0 aliphatic carbocycles. The first kappa shape index (κ1) is 17.8. The van der Waals surface area contributed by atoms with E-state index in [-0.39, 0.29) is 11.7 Å². The lowest BCUT2D eigenvalue weighted by atomic mass is 10.2. The van der Waals surface area contributed by atoms with E-state index in [1.54, 1.807) is 23.7 Å². The van der Waals surface area contributed by atoms with Crippen LogP contribution in [0.2, 0.25) is 0 Å². The van der Waals surface area contributed by atoms with Gasteiger partial charge in [-0.2, -0.15) is 0 Å². The molecule has 7 nitrogen and oxygen atoms in total. The van der Waals surface area contributed by atoms with Crippen LogP contribution in [-0.2, 0) is 0 Å². The second-order valence-electron chi connectivity index (χ2n) is 6.76. The highest BCUT2D eigenvalue weighted by Crippen LogP contribution is 2.33. The Bertz CT molecular complexity index is 1130. The van der Waals surface area contributed by atoms with Crippen molar-refractivity contribution in [3.05, 3.63) is 60.7 Å². The van der Waals surface area contributed by atoms with Gasteiger partial charge in [0.1, 0.15) is 0 Å². The van der Waals surface area contributed by atoms with Gasteiger partial charge in [-0.25, -0.2) is 4.98 Å². The third-order valence-electron chi connectivity index (χ3n) is 4.87. The molecule has 1 aliphatic rings. The van der Waals surface area contributed by atoms with E-state index in [9.17, 15) is 4.79 Å². The molecule has 1 aromatic carbocycles. The van der Waals surface area contributed by atoms with Crippen LogP contribution < -0.4 is 15.5 Å². The van der Waals surface area contributed by atoms with E-state index in [1.807, 2.05) is 30.3 Å². The molecule has 0 saturated carbocycles. The number of fused-ring (bicyclic) bond motifs is 1. The van der Waals surface area contributed by atoms with Crippen LogP contribution in [0, 0.1) is 0 Å². The largest absolute Gasteiger partial charge is 0.430 e. The van der Waals surface area contributed by atoms with Crippen molar-refractivity contribution in [2.45, 2.75) is 0 Å². The summed E-state index contributed by atoms with van der Waals surface area (Å²) < 4.78 is 6.92. The van der Waals surface area contributed by atoms with E-state index in [0.717, 1.165) is 46.8 Å². The number of hydrogen-bond acceptors (Lipinski definition) is 7. The highest BCUT2D eigenvalue weighted by atomic mass is 32.1. The van der Waals surface area contributed by atoms with Crippen LogP contribution in [0.25, 0.3) is 20.9 Å². The molecule has 1 aliphatic heterocycles. The zero-order valence-electron chi connectivity index (χ0n) is 15.6. The van der Waals surface area contributed by atoms with Gasteiger partial charge < -0.3 is 20.0 Å². The lowest BCUT2D eigenvalue weighted by Crippen LogP contribution is -2.43. The van der Waals surface area contributed by atoms with Crippen LogP contribution in [0.4, 0.5) is 11.4 Å². The molecule has 2 N–H and O–H groups in total. The highest BCUT2D eigenvalue weighted by Gasteiger charge is 2.19. The van der Waals surface area contributed by atoms with Crippen LogP contribution >= 0.6 is 11.3 Å². The van der Waals surface area contributed by atoms with Crippen molar-refractivity contribution < 1.29 is 9.21 Å². The fourth-order valence-corrected chi connectivity index (χ4v) is 4.43. The van der Waals surface area contributed by atoms with Gasteiger partial charge in [0.15, 0.2) is 0 Å². The summed E-state index contributed by atoms with van der Waals surface area (Å²) in [5.74, 6) is 0.284. The summed E-state index contributed by atoms with van der Waals surface area (Å²) in [4.78, 5) is 24.4. The number of thiophene rings is 1. The Kier molecular flexibility index (Phi) is 4.71. The average molecular weight is 405 g/mol. The minimum absolute atomic E-state index is 0.174. The number of hydrogen-bond donors (Lipinski definition) is 2. The number of oxazole rings is 1. The van der Waals surface area contributed by atoms with Crippen LogP contribution in [-0.4, -0.2) is 42.1 Å². The summed E-state index contributed by atoms with van der Waals surface area (Å²) in [6, 6.07) is 12.0. The summed E-state index contributed by atoms with van der Waals surface area (Å²) in [5.41, 5.74) is 1.62. The van der Waals surface area contributed by atoms with E-state index < -0.39 is 0 Å². The smallest absolute Gasteiger partial charge is 0.293 e. The van der Waals surface area contributed by atoms with Crippen molar-refractivity contribution in [2.24, 2.45) is 0 Å². The quantitative estimate of drug-likeness (QED) is 0.540. The number of nitrogens with one attached hydrogen (secondary N) is 2. The number of nitrogens with zero attached hydrogens (tertiary/aromatic N) is 3. The Balaban J connectivity index is 1.37. The number of rotatable bonds is 4. The van der Waals surface area contributed by atoms with E-state index in [4.69, 9.17) is 4.42 Å². The number of anilines is 2. The van der Waals surface area contributed by atoms with Gasteiger partial charge in [0.2, 0.25) is 11.7 Å². The van der Waals surface area contributed by atoms with Gasteiger partial charge in [0.25, 0.3) is 5.91 Å². The Labute approximate surface area is 171 Å². The topological polar surface area (TPSA) is 83.3 Å². The number of carbonyl (C=O) groups is 1. The lowest BCUT2D eigenvalue weighted by Gasteiger charge is -2.30. The first-order valence-electron chi connectivity index (χ1n) is 9.44. The van der Waals surface area contributed by atoms with Crippen LogP contribution in [0.1, 0.15) is 10.6 Å². The highest BCUT2D eigenvalue weighted by molar-refractivity contribution is 7.22. The normalized spacial score (nSPS) is 14.3. The number of carbonyl (C=O) groups excluding carboxylic acids is 1. The third-order valence-corrected chi connectivity index (χ3v) is 5.97. The number of aromatic nitrogens is 2. The maximum Gasteiger partial charge on any atom is 0.293 e. The summed E-state index contributed by atoms with van der Waals surface area (Å²) >= 11 is 1.59. The van der Waals surface area contributed by atoms with Crippen LogP contribution in [0.3, 0.4) is 0 Å². The van der Waals surface area contributed by atoms with Crippen molar-refractivity contribution in [3.8, 4) is 10.8 Å². The molecule has 146 valence electrons. The molecular formula is C21H19N5O2S. The average Bonchev–Trinajstić information content (AvgIpc) is 3.42. The summed E-state index contributed by atoms with van der Waals surface area (Å²) in [6.45, 7) is 3.59. The van der Waals surface area contributed by atoms with Crippen molar-refractivity contribution in [3.63, 3.8) is 0 Å². The molecule has 0 bridgehead atoms.